The van der Waals surface area contributed by atoms with Crippen LogP contribution in [-0.4, -0.2) is 13.0 Å². The molecule has 2 heteroatoms. The maximum absolute atomic E-state index is 7.69. The van der Waals surface area contributed by atoms with E-state index >= 15 is 0 Å². The predicted octanol–water partition coefficient (Wildman–Crippen LogP) is 3.54. The van der Waals surface area contributed by atoms with Crippen LogP contribution < -0.4 is 0 Å². The van der Waals surface area contributed by atoms with Crippen molar-refractivity contribution < 1.29 is 0 Å². The molecule has 0 spiro atoms. The maximum atomic E-state index is 7.69. The first-order chi connectivity index (χ1) is 7.22. The van der Waals surface area contributed by atoms with Gasteiger partial charge in [-0.25, -0.2) is 0 Å². The second-order valence-corrected chi connectivity index (χ2v) is 3.38. The van der Waals surface area contributed by atoms with E-state index in [1.807, 2.05) is 25.2 Å². The van der Waals surface area contributed by atoms with E-state index in [-0.39, 0.29) is 0 Å². The Bertz CT molecular complexity index is 274. The van der Waals surface area contributed by atoms with E-state index in [0.717, 1.165) is 31.9 Å². The zero-order valence-corrected chi connectivity index (χ0v) is 9.63. The van der Waals surface area contributed by atoms with Crippen LogP contribution in [0.1, 0.15) is 13.3 Å². The minimum absolute atomic E-state index is 0.701. The van der Waals surface area contributed by atoms with Gasteiger partial charge in [-0.3, -0.25) is 0 Å². The smallest absolute Gasteiger partial charge is 0.131 e. The third-order valence-corrected chi connectivity index (χ3v) is 2.15. The van der Waals surface area contributed by atoms with Gasteiger partial charge in [0.05, 0.1) is 0 Å². The standard InChI is InChI=1S/C13H20BN/c1-4-6-7-8-9-10-14-11-13(15)12(3)5-2/h4,6-9,14-15H,1,3,5,10-11H2,2H3/b7-6-,9-8-,15-13?. The molecule has 0 saturated heterocycles. The zero-order chi connectivity index (χ0) is 11.5. The van der Waals surface area contributed by atoms with Gasteiger partial charge in [-0.05, 0) is 18.3 Å². The van der Waals surface area contributed by atoms with E-state index < -0.39 is 0 Å². The normalized spacial score (nSPS) is 10.7. The topological polar surface area (TPSA) is 23.9 Å². The summed E-state index contributed by atoms with van der Waals surface area (Å²) in [5.41, 5.74) is 1.66. The molecule has 0 fully saturated rings. The molecule has 1 N–H and O–H groups in total. The minimum Gasteiger partial charge on any atom is -0.306 e. The lowest BCUT2D eigenvalue weighted by atomic mass is 9.68. The predicted molar refractivity (Wildman–Crippen MR) is 72.4 cm³/mol. The number of nitrogens with one attached hydrogen (secondary N) is 1. The molecule has 0 aliphatic heterocycles. The average molecular weight is 201 g/mol. The Labute approximate surface area is 94.0 Å². The molecule has 1 nitrogen and oxygen atoms in total. The van der Waals surface area contributed by atoms with Crippen LogP contribution in [0.15, 0.2) is 49.1 Å². The fourth-order valence-corrected chi connectivity index (χ4v) is 1.10. The largest absolute Gasteiger partial charge is 0.306 e. The lowest BCUT2D eigenvalue weighted by Crippen LogP contribution is -2.02. The average Bonchev–Trinajstić information content (AvgIpc) is 2.26. The Balaban J connectivity index is 3.58. The zero-order valence-electron chi connectivity index (χ0n) is 9.63. The van der Waals surface area contributed by atoms with E-state index in [0.29, 0.717) is 5.71 Å². The Kier molecular flexibility index (Phi) is 8.45. The fourth-order valence-electron chi connectivity index (χ4n) is 1.10. The Morgan fingerprint density at radius 2 is 2.07 bits per heavy atom. The van der Waals surface area contributed by atoms with Gasteiger partial charge in [-0.2, -0.15) is 0 Å². The van der Waals surface area contributed by atoms with Crippen molar-refractivity contribution in [3.05, 3.63) is 49.1 Å². The summed E-state index contributed by atoms with van der Waals surface area (Å²) in [6.45, 7) is 9.47. The van der Waals surface area contributed by atoms with E-state index in [1.165, 1.54) is 0 Å². The maximum Gasteiger partial charge on any atom is 0.131 e. The Morgan fingerprint density at radius 1 is 1.33 bits per heavy atom. The third kappa shape index (κ3) is 7.74. The van der Waals surface area contributed by atoms with Gasteiger partial charge in [0.1, 0.15) is 7.28 Å². The summed E-state index contributed by atoms with van der Waals surface area (Å²) >= 11 is 0. The van der Waals surface area contributed by atoms with Crippen LogP contribution >= 0.6 is 0 Å². The molecule has 0 aromatic heterocycles. The molecule has 0 bridgehead atoms. The Morgan fingerprint density at radius 3 is 2.67 bits per heavy atom. The van der Waals surface area contributed by atoms with E-state index in [2.05, 4.69) is 19.2 Å². The van der Waals surface area contributed by atoms with E-state index in [4.69, 9.17) is 5.41 Å². The van der Waals surface area contributed by atoms with Crippen molar-refractivity contribution in [2.75, 3.05) is 0 Å². The van der Waals surface area contributed by atoms with Crippen LogP contribution in [0.2, 0.25) is 12.6 Å². The number of hydrogen-bond donors (Lipinski definition) is 1. The molecular weight excluding hydrogens is 181 g/mol. The summed E-state index contributed by atoms with van der Waals surface area (Å²) in [4.78, 5) is 0. The van der Waals surface area contributed by atoms with Crippen molar-refractivity contribution in [2.24, 2.45) is 0 Å². The van der Waals surface area contributed by atoms with Gasteiger partial charge >= 0.3 is 0 Å². The summed E-state index contributed by atoms with van der Waals surface area (Å²) in [6.07, 6.45) is 12.5. The summed E-state index contributed by atoms with van der Waals surface area (Å²) in [6, 6.07) is 0. The first-order valence-corrected chi connectivity index (χ1v) is 5.42. The second kappa shape index (κ2) is 9.26. The van der Waals surface area contributed by atoms with Crippen LogP contribution in [0.5, 0.6) is 0 Å². The van der Waals surface area contributed by atoms with Gasteiger partial charge in [0.2, 0.25) is 0 Å². The van der Waals surface area contributed by atoms with Crippen LogP contribution in [0, 0.1) is 5.41 Å². The first kappa shape index (κ1) is 13.7. The van der Waals surface area contributed by atoms with Gasteiger partial charge in [0, 0.05) is 5.71 Å². The highest BCUT2D eigenvalue weighted by atomic mass is 14.4. The third-order valence-electron chi connectivity index (χ3n) is 2.15. The van der Waals surface area contributed by atoms with Gasteiger partial charge in [-0.1, -0.05) is 56.8 Å². The van der Waals surface area contributed by atoms with Crippen LogP contribution in [0.4, 0.5) is 0 Å². The van der Waals surface area contributed by atoms with Gasteiger partial charge in [0.25, 0.3) is 0 Å². The van der Waals surface area contributed by atoms with Crippen molar-refractivity contribution in [1.82, 2.24) is 0 Å². The molecule has 0 atom stereocenters. The van der Waals surface area contributed by atoms with Gasteiger partial charge in [-0.15, -0.1) is 0 Å². The molecule has 0 saturated carbocycles. The molecule has 80 valence electrons. The molecule has 0 unspecified atom stereocenters. The van der Waals surface area contributed by atoms with Crippen molar-refractivity contribution in [3.8, 4) is 0 Å². The van der Waals surface area contributed by atoms with E-state index in [9.17, 15) is 0 Å². The lowest BCUT2D eigenvalue weighted by Gasteiger charge is -2.02. The van der Waals surface area contributed by atoms with E-state index in [1.54, 1.807) is 6.08 Å². The SMILES string of the molecule is C=C/C=C\C=C/CBCC(=N)C(=C)CC. The highest BCUT2D eigenvalue weighted by molar-refractivity contribution is 6.43. The van der Waals surface area contributed by atoms with Crippen LogP contribution in [-0.2, 0) is 0 Å². The summed E-state index contributed by atoms with van der Waals surface area (Å²) in [5, 5.41) is 7.69. The number of allylic oxidation sites excluding steroid dienone is 6. The molecule has 15 heavy (non-hydrogen) atoms. The number of rotatable bonds is 8. The van der Waals surface area contributed by atoms with Crippen molar-refractivity contribution in [3.63, 3.8) is 0 Å². The second-order valence-electron chi connectivity index (χ2n) is 3.38. The monoisotopic (exact) mass is 201 g/mol. The van der Waals surface area contributed by atoms with Crippen LogP contribution in [0.3, 0.4) is 0 Å². The van der Waals surface area contributed by atoms with Gasteiger partial charge in [0.15, 0.2) is 0 Å². The minimum atomic E-state index is 0.701. The molecule has 0 rings (SSSR count). The molecule has 0 radical (unpaired) electrons. The van der Waals surface area contributed by atoms with Gasteiger partial charge < -0.3 is 5.41 Å². The first-order valence-electron chi connectivity index (χ1n) is 5.42. The molecule has 0 aromatic rings. The summed E-state index contributed by atoms with van der Waals surface area (Å²) < 4.78 is 0. The number of hydrogen-bond acceptors (Lipinski definition) is 1. The lowest BCUT2D eigenvalue weighted by molar-refractivity contribution is 1.16. The van der Waals surface area contributed by atoms with Crippen molar-refractivity contribution in [2.45, 2.75) is 26.0 Å². The Hall–Kier alpha value is -1.31. The molecular formula is C13H20BN. The van der Waals surface area contributed by atoms with Crippen molar-refractivity contribution in [1.29, 1.82) is 5.41 Å². The highest BCUT2D eigenvalue weighted by Crippen LogP contribution is 2.03. The molecule has 0 amide bonds. The van der Waals surface area contributed by atoms with Crippen molar-refractivity contribution >= 4 is 13.0 Å². The highest BCUT2D eigenvalue weighted by Gasteiger charge is 1.99. The fraction of sp³-hybridized carbons (Fsp3) is 0.308. The summed E-state index contributed by atoms with van der Waals surface area (Å²) in [7, 11) is 1.02. The van der Waals surface area contributed by atoms with Crippen LogP contribution in [0.25, 0.3) is 0 Å². The molecule has 0 aromatic carbocycles. The molecule has 0 aliphatic carbocycles. The molecule has 0 aliphatic rings. The molecule has 0 heterocycles. The summed E-state index contributed by atoms with van der Waals surface area (Å²) in [5.74, 6) is 0. The quantitative estimate of drug-likeness (QED) is 0.269.